The molecule has 0 unspecified atom stereocenters. The highest BCUT2D eigenvalue weighted by Gasteiger charge is 2.36. The maximum absolute atomic E-state index is 12.6. The van der Waals surface area contributed by atoms with E-state index in [2.05, 4.69) is 5.32 Å². The number of carbonyl (C=O) groups excluding carboxylic acids is 1. The summed E-state index contributed by atoms with van der Waals surface area (Å²) in [6.07, 6.45) is -4.62. The summed E-state index contributed by atoms with van der Waals surface area (Å²) in [6, 6.07) is 2.49. The van der Waals surface area contributed by atoms with Crippen molar-refractivity contribution in [1.82, 2.24) is 0 Å². The van der Waals surface area contributed by atoms with Gasteiger partial charge in [0.15, 0.2) is 0 Å². The highest BCUT2D eigenvalue weighted by molar-refractivity contribution is 6.31. The second-order valence-corrected chi connectivity index (χ2v) is 5.05. The van der Waals surface area contributed by atoms with E-state index in [1.165, 1.54) is 0 Å². The third-order valence-electron chi connectivity index (χ3n) is 2.59. The summed E-state index contributed by atoms with van der Waals surface area (Å²) in [7, 11) is 0. The summed E-state index contributed by atoms with van der Waals surface area (Å²) in [5.74, 6) is -2.34. The summed E-state index contributed by atoms with van der Waals surface area (Å²) in [6.45, 7) is 2.28. The number of benzene rings is 1. The number of carboxylic acid groups (broad SMARTS) is 1. The molecule has 0 bridgehead atoms. The Bertz CT molecular complexity index is 555. The first-order chi connectivity index (χ1) is 8.94. The van der Waals surface area contributed by atoms with Gasteiger partial charge in [0, 0.05) is 10.7 Å². The van der Waals surface area contributed by atoms with Crippen LogP contribution in [0.2, 0.25) is 5.02 Å². The molecule has 0 aliphatic rings. The molecule has 1 aromatic rings. The summed E-state index contributed by atoms with van der Waals surface area (Å²) < 4.78 is 37.7. The minimum Gasteiger partial charge on any atom is -0.480 e. The number of hydrogen-bond donors (Lipinski definition) is 2. The fraction of sp³-hybridized carbons (Fsp3) is 0.333. The molecule has 0 heterocycles. The zero-order valence-electron chi connectivity index (χ0n) is 10.5. The minimum atomic E-state index is -4.62. The molecule has 0 aliphatic heterocycles. The SMILES string of the molecule is CC(C)(C(=O)O)C(=O)Nc1cc(Cl)cc(C(F)(F)F)c1. The molecule has 0 radical (unpaired) electrons. The molecule has 1 amide bonds. The lowest BCUT2D eigenvalue weighted by molar-refractivity contribution is -0.151. The van der Waals surface area contributed by atoms with Crippen molar-refractivity contribution in [1.29, 1.82) is 0 Å². The van der Waals surface area contributed by atoms with Gasteiger partial charge in [-0.25, -0.2) is 0 Å². The van der Waals surface area contributed by atoms with E-state index in [1.807, 2.05) is 0 Å². The quantitative estimate of drug-likeness (QED) is 0.841. The molecule has 1 aromatic carbocycles. The Kier molecular flexibility index (Phi) is 4.33. The Morgan fingerprint density at radius 1 is 1.20 bits per heavy atom. The Morgan fingerprint density at radius 3 is 2.20 bits per heavy atom. The normalized spacial score (nSPS) is 12.1. The zero-order chi connectivity index (χ0) is 15.7. The smallest absolute Gasteiger partial charge is 0.416 e. The van der Waals surface area contributed by atoms with Gasteiger partial charge in [0.1, 0.15) is 5.41 Å². The largest absolute Gasteiger partial charge is 0.480 e. The van der Waals surface area contributed by atoms with Crippen molar-refractivity contribution in [2.75, 3.05) is 5.32 Å². The van der Waals surface area contributed by atoms with E-state index < -0.39 is 29.0 Å². The van der Waals surface area contributed by atoms with Crippen LogP contribution in [0.4, 0.5) is 18.9 Å². The van der Waals surface area contributed by atoms with Crippen LogP contribution in [0.15, 0.2) is 18.2 Å². The second-order valence-electron chi connectivity index (χ2n) is 4.61. The summed E-state index contributed by atoms with van der Waals surface area (Å²) in [4.78, 5) is 22.6. The highest BCUT2D eigenvalue weighted by Crippen LogP contribution is 2.33. The molecule has 1 rings (SSSR count). The Hall–Kier alpha value is -1.76. The van der Waals surface area contributed by atoms with Gasteiger partial charge in [-0.05, 0) is 32.0 Å². The molecule has 110 valence electrons. The van der Waals surface area contributed by atoms with E-state index in [0.717, 1.165) is 19.9 Å². The van der Waals surface area contributed by atoms with Crippen LogP contribution >= 0.6 is 11.6 Å². The van der Waals surface area contributed by atoms with Gasteiger partial charge < -0.3 is 10.4 Å². The topological polar surface area (TPSA) is 66.4 Å². The van der Waals surface area contributed by atoms with Crippen LogP contribution in [0.3, 0.4) is 0 Å². The average molecular weight is 310 g/mol. The van der Waals surface area contributed by atoms with Gasteiger partial charge in [-0.2, -0.15) is 13.2 Å². The van der Waals surface area contributed by atoms with Crippen LogP contribution in [0.1, 0.15) is 19.4 Å². The van der Waals surface area contributed by atoms with Crippen molar-refractivity contribution in [3.8, 4) is 0 Å². The summed E-state index contributed by atoms with van der Waals surface area (Å²) in [5, 5.41) is 10.8. The van der Waals surface area contributed by atoms with Crippen LogP contribution < -0.4 is 5.32 Å². The molecule has 4 nitrogen and oxygen atoms in total. The highest BCUT2D eigenvalue weighted by atomic mass is 35.5. The Balaban J connectivity index is 3.08. The molecule has 0 atom stereocenters. The standard InChI is InChI=1S/C12H11ClF3NO3/c1-11(2,10(19)20)9(18)17-8-4-6(12(14,15)16)3-7(13)5-8/h3-5H,1-2H3,(H,17,18)(H,19,20). The molecule has 0 spiro atoms. The number of rotatable bonds is 3. The van der Waals surface area contributed by atoms with Gasteiger partial charge >= 0.3 is 12.1 Å². The lowest BCUT2D eigenvalue weighted by atomic mass is 9.92. The van der Waals surface area contributed by atoms with Crippen molar-refractivity contribution in [3.05, 3.63) is 28.8 Å². The molecule has 0 saturated carbocycles. The molecule has 2 N–H and O–H groups in total. The molecule has 0 aromatic heterocycles. The van der Waals surface area contributed by atoms with Crippen LogP contribution in [0, 0.1) is 5.41 Å². The summed E-state index contributed by atoms with van der Waals surface area (Å²) in [5.41, 5.74) is -3.03. The van der Waals surface area contributed by atoms with Crippen molar-refractivity contribution >= 4 is 29.2 Å². The number of carboxylic acids is 1. The van der Waals surface area contributed by atoms with E-state index in [4.69, 9.17) is 16.7 Å². The number of carbonyl (C=O) groups is 2. The zero-order valence-corrected chi connectivity index (χ0v) is 11.3. The number of nitrogens with one attached hydrogen (secondary N) is 1. The Labute approximate surface area is 117 Å². The first-order valence-corrected chi connectivity index (χ1v) is 5.75. The third kappa shape index (κ3) is 3.63. The number of aliphatic carboxylic acids is 1. The van der Waals surface area contributed by atoms with E-state index in [-0.39, 0.29) is 10.7 Å². The number of alkyl halides is 3. The number of hydrogen-bond acceptors (Lipinski definition) is 2. The number of amides is 1. The lowest BCUT2D eigenvalue weighted by Gasteiger charge is -2.19. The third-order valence-corrected chi connectivity index (χ3v) is 2.80. The average Bonchev–Trinajstić information content (AvgIpc) is 2.26. The molecular weight excluding hydrogens is 299 g/mol. The monoisotopic (exact) mass is 309 g/mol. The molecule has 0 aliphatic carbocycles. The van der Waals surface area contributed by atoms with Crippen molar-refractivity contribution in [3.63, 3.8) is 0 Å². The lowest BCUT2D eigenvalue weighted by Crippen LogP contribution is -2.37. The van der Waals surface area contributed by atoms with Gasteiger partial charge in [-0.1, -0.05) is 11.6 Å². The van der Waals surface area contributed by atoms with Crippen molar-refractivity contribution in [2.24, 2.45) is 5.41 Å². The molecular formula is C12H11ClF3NO3. The Morgan fingerprint density at radius 2 is 1.75 bits per heavy atom. The van der Waals surface area contributed by atoms with Crippen molar-refractivity contribution in [2.45, 2.75) is 20.0 Å². The van der Waals surface area contributed by atoms with E-state index in [1.54, 1.807) is 0 Å². The molecule has 0 saturated heterocycles. The molecule has 0 fully saturated rings. The van der Waals surface area contributed by atoms with Gasteiger partial charge in [-0.3, -0.25) is 9.59 Å². The fourth-order valence-corrected chi connectivity index (χ4v) is 1.45. The van der Waals surface area contributed by atoms with Crippen LogP contribution in [-0.2, 0) is 15.8 Å². The second kappa shape index (κ2) is 5.32. The first-order valence-electron chi connectivity index (χ1n) is 5.37. The minimum absolute atomic E-state index is 0.218. The van der Waals surface area contributed by atoms with Gasteiger partial charge in [-0.15, -0.1) is 0 Å². The number of halogens is 4. The fourth-order valence-electron chi connectivity index (χ4n) is 1.21. The van der Waals surface area contributed by atoms with E-state index >= 15 is 0 Å². The van der Waals surface area contributed by atoms with Crippen LogP contribution in [-0.4, -0.2) is 17.0 Å². The van der Waals surface area contributed by atoms with E-state index in [9.17, 15) is 22.8 Å². The van der Waals surface area contributed by atoms with Crippen LogP contribution in [0.5, 0.6) is 0 Å². The molecule has 8 heteroatoms. The van der Waals surface area contributed by atoms with Crippen LogP contribution in [0.25, 0.3) is 0 Å². The predicted octanol–water partition coefficient (Wildman–Crippen LogP) is 3.41. The van der Waals surface area contributed by atoms with Crippen molar-refractivity contribution < 1.29 is 27.9 Å². The van der Waals surface area contributed by atoms with Gasteiger partial charge in [0.2, 0.25) is 5.91 Å². The maximum atomic E-state index is 12.6. The molecule has 20 heavy (non-hydrogen) atoms. The first kappa shape index (κ1) is 16.3. The summed E-state index contributed by atoms with van der Waals surface area (Å²) >= 11 is 5.55. The van der Waals surface area contributed by atoms with Gasteiger partial charge in [0.05, 0.1) is 5.56 Å². The van der Waals surface area contributed by atoms with Gasteiger partial charge in [0.25, 0.3) is 0 Å². The maximum Gasteiger partial charge on any atom is 0.416 e. The predicted molar refractivity (Wildman–Crippen MR) is 66.5 cm³/mol. The van der Waals surface area contributed by atoms with E-state index in [0.29, 0.717) is 12.1 Å². The number of anilines is 1.